The third kappa shape index (κ3) is 5.01. The lowest BCUT2D eigenvalue weighted by atomic mass is 10.2. The van der Waals surface area contributed by atoms with E-state index < -0.39 is 0 Å². The first-order valence-electron chi connectivity index (χ1n) is 8.30. The molecule has 0 saturated heterocycles. The number of benzene rings is 1. The molecule has 0 fully saturated rings. The fraction of sp³-hybridized carbons (Fsp3) is 0.158. The summed E-state index contributed by atoms with van der Waals surface area (Å²) in [6.07, 6.45) is 3.44. The monoisotopic (exact) mass is 348 g/mol. The summed E-state index contributed by atoms with van der Waals surface area (Å²) in [5.74, 6) is 1.41. The highest BCUT2D eigenvalue weighted by atomic mass is 16.2. The lowest BCUT2D eigenvalue weighted by Crippen LogP contribution is -2.32. The van der Waals surface area contributed by atoms with Crippen molar-refractivity contribution >= 4 is 17.5 Å². The highest BCUT2D eigenvalue weighted by molar-refractivity contribution is 5.89. The zero-order valence-electron chi connectivity index (χ0n) is 14.4. The molecule has 2 aromatic heterocycles. The average Bonchev–Trinajstić information content (AvgIpc) is 2.66. The molecule has 132 valence electrons. The first kappa shape index (κ1) is 17.3. The number of carbonyl (C=O) groups excluding carboxylic acids is 1. The highest BCUT2D eigenvalue weighted by Crippen LogP contribution is 2.19. The van der Waals surface area contributed by atoms with E-state index in [9.17, 15) is 4.79 Å². The number of aryl methyl sites for hydroxylation is 1. The second kappa shape index (κ2) is 8.57. The smallest absolute Gasteiger partial charge is 0.319 e. The van der Waals surface area contributed by atoms with Crippen LogP contribution in [0.15, 0.2) is 60.9 Å². The van der Waals surface area contributed by atoms with E-state index in [2.05, 4.69) is 30.9 Å². The summed E-state index contributed by atoms with van der Waals surface area (Å²) in [6, 6.07) is 14.7. The molecule has 1 aromatic carbocycles. The van der Waals surface area contributed by atoms with Crippen molar-refractivity contribution in [3.8, 4) is 11.4 Å². The molecule has 3 N–H and O–H groups in total. The molecule has 7 heteroatoms. The number of pyridine rings is 1. The lowest BCUT2D eigenvalue weighted by molar-refractivity contribution is 0.252. The van der Waals surface area contributed by atoms with Crippen LogP contribution in [0.5, 0.6) is 0 Å². The summed E-state index contributed by atoms with van der Waals surface area (Å²) in [5, 5.41) is 8.74. The first-order valence-corrected chi connectivity index (χ1v) is 8.30. The van der Waals surface area contributed by atoms with Gasteiger partial charge in [-0.2, -0.15) is 0 Å². The molecular weight excluding hydrogens is 328 g/mol. The number of amides is 2. The molecular formula is C19H20N6O. The van der Waals surface area contributed by atoms with Crippen LogP contribution in [0.3, 0.4) is 0 Å². The number of anilines is 2. The molecule has 0 aliphatic heterocycles. The predicted octanol–water partition coefficient (Wildman–Crippen LogP) is 3.08. The van der Waals surface area contributed by atoms with Gasteiger partial charge in [0.25, 0.3) is 0 Å². The van der Waals surface area contributed by atoms with E-state index in [4.69, 9.17) is 0 Å². The second-order valence-electron chi connectivity index (χ2n) is 5.63. The van der Waals surface area contributed by atoms with E-state index in [1.165, 1.54) is 0 Å². The Morgan fingerprint density at radius 2 is 1.92 bits per heavy atom. The van der Waals surface area contributed by atoms with E-state index in [0.717, 1.165) is 17.1 Å². The Morgan fingerprint density at radius 1 is 1.00 bits per heavy atom. The van der Waals surface area contributed by atoms with Crippen LogP contribution in [-0.2, 0) is 0 Å². The van der Waals surface area contributed by atoms with Gasteiger partial charge in [0.2, 0.25) is 0 Å². The Kier molecular flexibility index (Phi) is 5.72. The second-order valence-corrected chi connectivity index (χ2v) is 5.63. The number of rotatable bonds is 6. The van der Waals surface area contributed by atoms with Crippen LogP contribution in [0.4, 0.5) is 16.3 Å². The number of hydrogen-bond donors (Lipinski definition) is 3. The van der Waals surface area contributed by atoms with Gasteiger partial charge in [-0.05, 0) is 37.3 Å². The Balaban J connectivity index is 1.50. The van der Waals surface area contributed by atoms with Gasteiger partial charge in [0.1, 0.15) is 5.82 Å². The van der Waals surface area contributed by atoms with Crippen LogP contribution in [0.2, 0.25) is 0 Å². The molecule has 0 saturated carbocycles. The summed E-state index contributed by atoms with van der Waals surface area (Å²) < 4.78 is 0. The SMILES string of the molecule is Cc1ccnc(-c2cccc(NC(=O)NCCNc3ccccn3)c2)n1. The molecule has 0 spiro atoms. The average molecular weight is 348 g/mol. The van der Waals surface area contributed by atoms with Crippen LogP contribution >= 0.6 is 0 Å². The zero-order chi connectivity index (χ0) is 18.2. The Morgan fingerprint density at radius 3 is 2.73 bits per heavy atom. The minimum absolute atomic E-state index is 0.268. The summed E-state index contributed by atoms with van der Waals surface area (Å²) in [6.45, 7) is 2.98. The van der Waals surface area contributed by atoms with Gasteiger partial charge in [-0.1, -0.05) is 18.2 Å². The third-order valence-electron chi connectivity index (χ3n) is 3.56. The number of nitrogens with zero attached hydrogens (tertiary/aromatic N) is 3. The molecule has 2 heterocycles. The van der Waals surface area contributed by atoms with E-state index in [1.54, 1.807) is 12.4 Å². The number of carbonyl (C=O) groups is 1. The molecule has 0 atom stereocenters. The highest BCUT2D eigenvalue weighted by Gasteiger charge is 2.05. The van der Waals surface area contributed by atoms with Gasteiger partial charge in [-0.25, -0.2) is 19.7 Å². The van der Waals surface area contributed by atoms with Gasteiger partial charge in [-0.15, -0.1) is 0 Å². The lowest BCUT2D eigenvalue weighted by Gasteiger charge is -2.10. The summed E-state index contributed by atoms with van der Waals surface area (Å²) >= 11 is 0. The molecule has 7 nitrogen and oxygen atoms in total. The van der Waals surface area contributed by atoms with Crippen molar-refractivity contribution in [3.63, 3.8) is 0 Å². The summed E-state index contributed by atoms with van der Waals surface area (Å²) in [7, 11) is 0. The first-order chi connectivity index (χ1) is 12.7. The molecule has 3 rings (SSSR count). The van der Waals surface area contributed by atoms with E-state index in [0.29, 0.717) is 24.6 Å². The van der Waals surface area contributed by atoms with Crippen LogP contribution in [0, 0.1) is 6.92 Å². The van der Waals surface area contributed by atoms with Gasteiger partial charge < -0.3 is 16.0 Å². The fourth-order valence-corrected chi connectivity index (χ4v) is 2.33. The number of hydrogen-bond acceptors (Lipinski definition) is 5. The van der Waals surface area contributed by atoms with Gasteiger partial charge >= 0.3 is 6.03 Å². The number of aromatic nitrogens is 3. The minimum atomic E-state index is -0.268. The topological polar surface area (TPSA) is 91.8 Å². The Bertz CT molecular complexity index is 869. The van der Waals surface area contributed by atoms with Gasteiger partial charge in [0.15, 0.2) is 5.82 Å². The number of nitrogens with one attached hydrogen (secondary N) is 3. The maximum absolute atomic E-state index is 12.0. The largest absolute Gasteiger partial charge is 0.368 e. The third-order valence-corrected chi connectivity index (χ3v) is 3.56. The van der Waals surface area contributed by atoms with Gasteiger partial charge in [-0.3, -0.25) is 0 Å². The molecule has 0 aliphatic carbocycles. The number of urea groups is 1. The molecule has 26 heavy (non-hydrogen) atoms. The van der Waals surface area contributed by atoms with Crippen molar-refractivity contribution in [1.82, 2.24) is 20.3 Å². The Labute approximate surface area is 151 Å². The van der Waals surface area contributed by atoms with Crippen molar-refractivity contribution in [2.24, 2.45) is 0 Å². The van der Waals surface area contributed by atoms with Crippen molar-refractivity contribution in [1.29, 1.82) is 0 Å². The predicted molar refractivity (Wildman–Crippen MR) is 102 cm³/mol. The maximum atomic E-state index is 12.0. The molecule has 0 aliphatic rings. The fourth-order valence-electron chi connectivity index (χ4n) is 2.33. The van der Waals surface area contributed by atoms with Crippen molar-refractivity contribution in [2.75, 3.05) is 23.7 Å². The van der Waals surface area contributed by atoms with Crippen LogP contribution in [0.1, 0.15) is 5.69 Å². The van der Waals surface area contributed by atoms with Gasteiger partial charge in [0, 0.05) is 42.4 Å². The van der Waals surface area contributed by atoms with Crippen LogP contribution in [0.25, 0.3) is 11.4 Å². The Hall–Kier alpha value is -3.48. The molecule has 0 radical (unpaired) electrons. The summed E-state index contributed by atoms with van der Waals surface area (Å²) in [4.78, 5) is 24.9. The van der Waals surface area contributed by atoms with E-state index in [1.807, 2.05) is 55.5 Å². The van der Waals surface area contributed by atoms with Gasteiger partial charge in [0.05, 0.1) is 0 Å². The quantitative estimate of drug-likeness (QED) is 0.596. The molecule has 2 amide bonds. The molecule has 0 bridgehead atoms. The zero-order valence-corrected chi connectivity index (χ0v) is 14.4. The molecule has 3 aromatic rings. The van der Waals surface area contributed by atoms with Crippen molar-refractivity contribution < 1.29 is 4.79 Å². The van der Waals surface area contributed by atoms with Crippen molar-refractivity contribution in [3.05, 3.63) is 66.6 Å². The van der Waals surface area contributed by atoms with E-state index >= 15 is 0 Å². The maximum Gasteiger partial charge on any atom is 0.319 e. The summed E-state index contributed by atoms with van der Waals surface area (Å²) in [5.41, 5.74) is 2.43. The molecule has 0 unspecified atom stereocenters. The van der Waals surface area contributed by atoms with E-state index in [-0.39, 0.29) is 6.03 Å². The standard InChI is InChI=1S/C19H20N6O/c1-14-8-10-22-18(24-14)15-5-4-6-16(13-15)25-19(26)23-12-11-21-17-7-2-3-9-20-17/h2-10,13H,11-12H2,1H3,(H,20,21)(H2,23,25,26). The van der Waals surface area contributed by atoms with Crippen molar-refractivity contribution in [2.45, 2.75) is 6.92 Å². The van der Waals surface area contributed by atoms with Crippen LogP contribution in [-0.4, -0.2) is 34.1 Å². The normalized spacial score (nSPS) is 10.2. The minimum Gasteiger partial charge on any atom is -0.368 e. The van der Waals surface area contributed by atoms with Crippen LogP contribution < -0.4 is 16.0 Å².